The quantitative estimate of drug-likeness (QED) is 0.815. The maximum absolute atomic E-state index is 13.0. The summed E-state index contributed by atoms with van der Waals surface area (Å²) in [4.78, 5) is 28.4. The molecule has 146 valence electrons. The van der Waals surface area contributed by atoms with Crippen LogP contribution in [0.25, 0.3) is 11.0 Å². The molecule has 1 amide bonds. The zero-order valence-corrected chi connectivity index (χ0v) is 16.6. The number of aromatic nitrogens is 4. The van der Waals surface area contributed by atoms with E-state index in [0.29, 0.717) is 11.7 Å². The van der Waals surface area contributed by atoms with Crippen molar-refractivity contribution in [3.8, 4) is 0 Å². The molecule has 1 aliphatic carbocycles. The number of amides is 1. The lowest BCUT2D eigenvalue weighted by molar-refractivity contribution is 0.0513. The number of hydrogen-bond donors (Lipinski definition) is 0. The standard InChI is InChI=1S/C19H29N7O/c1-23(2)18-15-13-24(3)22-16(15)20-17(21-18)19(27)26-11-9-25(10-12-26)14-7-5-4-6-8-14/h13-14H,4-12H2,1-3H3. The van der Waals surface area contributed by atoms with E-state index in [0.717, 1.165) is 37.4 Å². The zero-order valence-electron chi connectivity index (χ0n) is 16.6. The minimum absolute atomic E-state index is 0.0889. The average Bonchev–Trinajstić information content (AvgIpc) is 3.07. The van der Waals surface area contributed by atoms with Crippen LogP contribution < -0.4 is 4.90 Å². The van der Waals surface area contributed by atoms with Crippen LogP contribution in [0.4, 0.5) is 5.82 Å². The van der Waals surface area contributed by atoms with E-state index in [2.05, 4.69) is 20.0 Å². The molecule has 27 heavy (non-hydrogen) atoms. The maximum atomic E-state index is 13.0. The second kappa shape index (κ2) is 7.42. The number of aryl methyl sites for hydroxylation is 1. The average molecular weight is 371 g/mol. The Balaban J connectivity index is 1.50. The highest BCUT2D eigenvalue weighted by Crippen LogP contribution is 2.25. The summed E-state index contributed by atoms with van der Waals surface area (Å²) in [6, 6.07) is 0.706. The Bertz CT molecular complexity index is 817. The smallest absolute Gasteiger partial charge is 0.291 e. The Morgan fingerprint density at radius 3 is 2.44 bits per heavy atom. The minimum Gasteiger partial charge on any atom is -0.362 e. The molecule has 2 fully saturated rings. The highest BCUT2D eigenvalue weighted by atomic mass is 16.2. The minimum atomic E-state index is -0.0889. The molecule has 0 atom stereocenters. The van der Waals surface area contributed by atoms with Crippen molar-refractivity contribution in [3.05, 3.63) is 12.0 Å². The van der Waals surface area contributed by atoms with Crippen molar-refractivity contribution < 1.29 is 4.79 Å². The molecule has 1 saturated heterocycles. The van der Waals surface area contributed by atoms with Crippen molar-refractivity contribution >= 4 is 22.8 Å². The van der Waals surface area contributed by atoms with Gasteiger partial charge in [-0.1, -0.05) is 19.3 Å². The molecule has 0 radical (unpaired) electrons. The summed E-state index contributed by atoms with van der Waals surface area (Å²) in [5, 5.41) is 5.24. The van der Waals surface area contributed by atoms with Crippen LogP contribution in [-0.4, -0.2) is 81.8 Å². The first-order valence-corrected chi connectivity index (χ1v) is 9.95. The van der Waals surface area contributed by atoms with Crippen molar-refractivity contribution in [2.45, 2.75) is 38.1 Å². The fourth-order valence-corrected chi connectivity index (χ4v) is 4.32. The largest absolute Gasteiger partial charge is 0.362 e. The summed E-state index contributed by atoms with van der Waals surface area (Å²) in [5.74, 6) is 0.891. The first kappa shape index (κ1) is 18.2. The van der Waals surface area contributed by atoms with E-state index in [9.17, 15) is 4.79 Å². The fraction of sp³-hybridized carbons (Fsp3) is 0.684. The Morgan fingerprint density at radius 2 is 1.78 bits per heavy atom. The third-order valence-corrected chi connectivity index (χ3v) is 5.78. The molecule has 0 unspecified atom stereocenters. The van der Waals surface area contributed by atoms with Crippen LogP contribution in [0.3, 0.4) is 0 Å². The molecule has 8 nitrogen and oxygen atoms in total. The second-order valence-electron chi connectivity index (χ2n) is 7.93. The molecule has 1 saturated carbocycles. The van der Waals surface area contributed by atoms with Gasteiger partial charge in [-0.05, 0) is 12.8 Å². The number of carbonyl (C=O) groups is 1. The Morgan fingerprint density at radius 1 is 1.07 bits per heavy atom. The van der Waals surface area contributed by atoms with Gasteiger partial charge in [0.05, 0.1) is 5.39 Å². The molecule has 2 aromatic rings. The lowest BCUT2D eigenvalue weighted by atomic mass is 9.94. The van der Waals surface area contributed by atoms with Crippen LogP contribution in [0, 0.1) is 0 Å². The molecule has 2 aromatic heterocycles. The van der Waals surface area contributed by atoms with Gasteiger partial charge in [0.25, 0.3) is 5.91 Å². The van der Waals surface area contributed by atoms with Crippen LogP contribution in [0.15, 0.2) is 6.20 Å². The summed E-state index contributed by atoms with van der Waals surface area (Å²) >= 11 is 0. The summed E-state index contributed by atoms with van der Waals surface area (Å²) in [6.07, 6.45) is 8.56. The number of hydrogen-bond acceptors (Lipinski definition) is 6. The van der Waals surface area contributed by atoms with Gasteiger partial charge in [0, 0.05) is 59.6 Å². The Hall–Kier alpha value is -2.22. The first-order valence-electron chi connectivity index (χ1n) is 9.95. The Kier molecular flexibility index (Phi) is 4.99. The van der Waals surface area contributed by atoms with Gasteiger partial charge in [0.1, 0.15) is 5.82 Å². The van der Waals surface area contributed by atoms with Crippen molar-refractivity contribution in [2.24, 2.45) is 7.05 Å². The molecule has 4 rings (SSSR count). The van der Waals surface area contributed by atoms with Gasteiger partial charge in [-0.3, -0.25) is 14.4 Å². The predicted octanol–water partition coefficient (Wildman–Crippen LogP) is 1.52. The fourth-order valence-electron chi connectivity index (χ4n) is 4.32. The molecule has 0 N–H and O–H groups in total. The number of nitrogens with zero attached hydrogens (tertiary/aromatic N) is 7. The van der Waals surface area contributed by atoms with Gasteiger partial charge in [0.15, 0.2) is 5.65 Å². The maximum Gasteiger partial charge on any atom is 0.291 e. The van der Waals surface area contributed by atoms with E-state index in [1.807, 2.05) is 37.1 Å². The van der Waals surface area contributed by atoms with E-state index in [-0.39, 0.29) is 11.7 Å². The molecular weight excluding hydrogens is 342 g/mol. The number of fused-ring (bicyclic) bond motifs is 1. The molecule has 0 aromatic carbocycles. The van der Waals surface area contributed by atoms with Gasteiger partial charge in [-0.25, -0.2) is 9.97 Å². The normalized spacial score (nSPS) is 19.6. The number of anilines is 1. The van der Waals surface area contributed by atoms with Crippen molar-refractivity contribution in [1.29, 1.82) is 0 Å². The lowest BCUT2D eigenvalue weighted by Crippen LogP contribution is -2.52. The van der Waals surface area contributed by atoms with Crippen LogP contribution in [0.2, 0.25) is 0 Å². The Labute approximate surface area is 160 Å². The summed E-state index contributed by atoms with van der Waals surface area (Å²) in [6.45, 7) is 3.39. The molecule has 2 aliphatic rings. The summed E-state index contributed by atoms with van der Waals surface area (Å²) < 4.78 is 1.71. The van der Waals surface area contributed by atoms with Gasteiger partial charge < -0.3 is 9.80 Å². The van der Waals surface area contributed by atoms with Crippen molar-refractivity contribution in [3.63, 3.8) is 0 Å². The van der Waals surface area contributed by atoms with E-state index >= 15 is 0 Å². The van der Waals surface area contributed by atoms with E-state index < -0.39 is 0 Å². The molecule has 1 aliphatic heterocycles. The molecule has 3 heterocycles. The molecule has 0 bridgehead atoms. The van der Waals surface area contributed by atoms with Gasteiger partial charge in [-0.15, -0.1) is 0 Å². The van der Waals surface area contributed by atoms with Crippen molar-refractivity contribution in [2.75, 3.05) is 45.2 Å². The second-order valence-corrected chi connectivity index (χ2v) is 7.93. The van der Waals surface area contributed by atoms with E-state index in [1.54, 1.807) is 4.68 Å². The highest BCUT2D eigenvalue weighted by molar-refractivity contribution is 5.95. The third kappa shape index (κ3) is 3.63. The van der Waals surface area contributed by atoms with Crippen LogP contribution in [0.1, 0.15) is 42.7 Å². The topological polar surface area (TPSA) is 70.4 Å². The summed E-state index contributed by atoms with van der Waals surface area (Å²) in [5.41, 5.74) is 0.570. The SMILES string of the molecule is CN(C)c1nc(C(=O)N2CCN(C3CCCCC3)CC2)nc2nn(C)cc12. The van der Waals surface area contributed by atoms with Gasteiger partial charge in [-0.2, -0.15) is 5.10 Å². The molecule has 8 heteroatoms. The molecule has 0 spiro atoms. The summed E-state index contributed by atoms with van der Waals surface area (Å²) in [7, 11) is 5.70. The van der Waals surface area contributed by atoms with E-state index in [4.69, 9.17) is 0 Å². The monoisotopic (exact) mass is 371 g/mol. The number of piperazine rings is 1. The first-order chi connectivity index (χ1) is 13.0. The van der Waals surface area contributed by atoms with Gasteiger partial charge in [0.2, 0.25) is 5.82 Å². The lowest BCUT2D eigenvalue weighted by Gasteiger charge is -2.40. The van der Waals surface area contributed by atoms with Crippen molar-refractivity contribution in [1.82, 2.24) is 29.5 Å². The van der Waals surface area contributed by atoms with Crippen LogP contribution in [0.5, 0.6) is 0 Å². The predicted molar refractivity (Wildman–Crippen MR) is 105 cm³/mol. The van der Waals surface area contributed by atoms with E-state index in [1.165, 1.54) is 32.1 Å². The van der Waals surface area contributed by atoms with Crippen LogP contribution in [-0.2, 0) is 7.05 Å². The number of rotatable bonds is 3. The zero-order chi connectivity index (χ0) is 19.0. The van der Waals surface area contributed by atoms with Gasteiger partial charge >= 0.3 is 0 Å². The number of carbonyl (C=O) groups excluding carboxylic acids is 1. The highest BCUT2D eigenvalue weighted by Gasteiger charge is 2.29. The van der Waals surface area contributed by atoms with Crippen LogP contribution >= 0.6 is 0 Å². The third-order valence-electron chi connectivity index (χ3n) is 5.78. The molecular formula is C19H29N7O.